The van der Waals surface area contributed by atoms with E-state index in [1.165, 1.54) is 6.42 Å². The number of piperidine rings is 1. The third kappa shape index (κ3) is 3.11. The third-order valence-corrected chi connectivity index (χ3v) is 5.24. The smallest absolute Gasteiger partial charge is 0.228 e. The fourth-order valence-electron chi connectivity index (χ4n) is 3.51. The van der Waals surface area contributed by atoms with Crippen molar-refractivity contribution >= 4 is 5.91 Å². The van der Waals surface area contributed by atoms with Crippen molar-refractivity contribution in [3.63, 3.8) is 0 Å². The molecule has 1 amide bonds. The minimum Gasteiger partial charge on any atom is -0.384 e. The normalized spacial score (nSPS) is 34.2. The van der Waals surface area contributed by atoms with Gasteiger partial charge in [-0.1, -0.05) is 13.8 Å². The molecule has 4 nitrogen and oxygen atoms in total. The molecule has 1 saturated carbocycles. The zero-order valence-electron chi connectivity index (χ0n) is 12.5. The molecule has 2 N–H and O–H groups in total. The van der Waals surface area contributed by atoms with Crippen molar-refractivity contribution in [3.05, 3.63) is 0 Å². The van der Waals surface area contributed by atoms with E-state index in [4.69, 9.17) is 4.74 Å². The zero-order chi connectivity index (χ0) is 13.9. The Bertz CT molecular complexity index is 308. The van der Waals surface area contributed by atoms with Crippen LogP contribution in [0.15, 0.2) is 0 Å². The van der Waals surface area contributed by atoms with E-state index in [9.17, 15) is 4.79 Å². The van der Waals surface area contributed by atoms with Crippen LogP contribution in [0.2, 0.25) is 0 Å². The highest BCUT2D eigenvalue weighted by Gasteiger charge is 2.42. The van der Waals surface area contributed by atoms with Gasteiger partial charge in [0.25, 0.3) is 0 Å². The van der Waals surface area contributed by atoms with Gasteiger partial charge in [0.1, 0.15) is 0 Å². The molecule has 3 unspecified atom stereocenters. The minimum atomic E-state index is -0.314. The number of amides is 1. The molecule has 0 aromatic heterocycles. The second-order valence-corrected chi connectivity index (χ2v) is 6.46. The summed E-state index contributed by atoms with van der Waals surface area (Å²) in [5, 5.41) is 6.63. The van der Waals surface area contributed by atoms with Gasteiger partial charge >= 0.3 is 0 Å². The zero-order valence-corrected chi connectivity index (χ0v) is 12.5. The molecule has 1 aliphatic carbocycles. The first-order valence-electron chi connectivity index (χ1n) is 7.60. The van der Waals surface area contributed by atoms with Crippen molar-refractivity contribution in [3.8, 4) is 0 Å². The molecule has 1 heterocycles. The van der Waals surface area contributed by atoms with Crippen LogP contribution in [0.3, 0.4) is 0 Å². The molecule has 110 valence electrons. The van der Waals surface area contributed by atoms with E-state index in [1.807, 2.05) is 0 Å². The molecule has 2 aliphatic rings. The third-order valence-electron chi connectivity index (χ3n) is 5.24. The summed E-state index contributed by atoms with van der Waals surface area (Å²) in [5.74, 6) is 1.52. The SMILES string of the molecule is COCC1(C(=O)NC2CCC(C)C2C)CCNCC1. The summed E-state index contributed by atoms with van der Waals surface area (Å²) in [6.07, 6.45) is 4.10. The Balaban J connectivity index is 1.99. The van der Waals surface area contributed by atoms with Gasteiger partial charge in [-0.2, -0.15) is 0 Å². The minimum absolute atomic E-state index is 0.210. The van der Waals surface area contributed by atoms with E-state index in [2.05, 4.69) is 24.5 Å². The number of methoxy groups -OCH3 is 1. The fraction of sp³-hybridized carbons (Fsp3) is 0.933. The van der Waals surface area contributed by atoms with Crippen LogP contribution in [-0.4, -0.2) is 38.8 Å². The van der Waals surface area contributed by atoms with Crippen molar-refractivity contribution in [1.29, 1.82) is 0 Å². The van der Waals surface area contributed by atoms with Gasteiger partial charge in [-0.15, -0.1) is 0 Å². The standard InChI is InChI=1S/C15H28N2O2/c1-11-4-5-13(12(11)2)17-14(18)15(10-19-3)6-8-16-9-7-15/h11-13,16H,4-10H2,1-3H3,(H,17,18). The summed E-state index contributed by atoms with van der Waals surface area (Å²) < 4.78 is 5.33. The molecule has 1 saturated heterocycles. The number of ether oxygens (including phenoxy) is 1. The first kappa shape index (κ1) is 14.8. The van der Waals surface area contributed by atoms with Gasteiger partial charge in [-0.05, 0) is 50.6 Å². The summed E-state index contributed by atoms with van der Waals surface area (Å²) >= 11 is 0. The number of rotatable bonds is 4. The van der Waals surface area contributed by atoms with Gasteiger partial charge in [0.15, 0.2) is 0 Å². The summed E-state index contributed by atoms with van der Waals surface area (Å²) in [5.41, 5.74) is -0.314. The lowest BCUT2D eigenvalue weighted by Gasteiger charge is -2.37. The van der Waals surface area contributed by atoms with Gasteiger partial charge < -0.3 is 15.4 Å². The van der Waals surface area contributed by atoms with Crippen LogP contribution >= 0.6 is 0 Å². The van der Waals surface area contributed by atoms with E-state index in [1.54, 1.807) is 7.11 Å². The predicted octanol–water partition coefficient (Wildman–Crippen LogP) is 1.55. The van der Waals surface area contributed by atoms with Gasteiger partial charge in [0.2, 0.25) is 5.91 Å². The lowest BCUT2D eigenvalue weighted by atomic mass is 9.78. The molecule has 0 aromatic carbocycles. The van der Waals surface area contributed by atoms with Gasteiger partial charge in [0, 0.05) is 13.2 Å². The van der Waals surface area contributed by atoms with E-state index >= 15 is 0 Å². The summed E-state index contributed by atoms with van der Waals surface area (Å²) in [4.78, 5) is 12.7. The lowest BCUT2D eigenvalue weighted by molar-refractivity contribution is -0.137. The van der Waals surface area contributed by atoms with E-state index in [-0.39, 0.29) is 11.3 Å². The van der Waals surface area contributed by atoms with Crippen LogP contribution in [0.1, 0.15) is 39.5 Å². The molecule has 0 aromatic rings. The van der Waals surface area contributed by atoms with Crippen LogP contribution in [-0.2, 0) is 9.53 Å². The van der Waals surface area contributed by atoms with Crippen molar-refractivity contribution < 1.29 is 9.53 Å². The van der Waals surface area contributed by atoms with Crippen LogP contribution < -0.4 is 10.6 Å². The fourth-order valence-corrected chi connectivity index (χ4v) is 3.51. The molecule has 0 spiro atoms. The van der Waals surface area contributed by atoms with Crippen molar-refractivity contribution in [1.82, 2.24) is 10.6 Å². The van der Waals surface area contributed by atoms with E-state index in [0.29, 0.717) is 18.6 Å². The topological polar surface area (TPSA) is 50.4 Å². The van der Waals surface area contributed by atoms with Crippen LogP contribution in [0.4, 0.5) is 0 Å². The Kier molecular flexibility index (Phi) is 4.85. The monoisotopic (exact) mass is 268 g/mol. The maximum absolute atomic E-state index is 12.7. The average Bonchev–Trinajstić information content (AvgIpc) is 2.72. The van der Waals surface area contributed by atoms with E-state index in [0.717, 1.165) is 38.3 Å². The number of carbonyl (C=O) groups excluding carboxylic acids is 1. The second kappa shape index (κ2) is 6.23. The number of carbonyl (C=O) groups is 1. The second-order valence-electron chi connectivity index (χ2n) is 6.46. The highest BCUT2D eigenvalue weighted by Crippen LogP contribution is 2.34. The Morgan fingerprint density at radius 2 is 2.00 bits per heavy atom. The molecular weight excluding hydrogens is 240 g/mol. The number of hydrogen-bond acceptors (Lipinski definition) is 3. The van der Waals surface area contributed by atoms with Crippen LogP contribution in [0, 0.1) is 17.3 Å². The van der Waals surface area contributed by atoms with Crippen LogP contribution in [0.25, 0.3) is 0 Å². The molecule has 0 radical (unpaired) electrons. The molecule has 1 aliphatic heterocycles. The lowest BCUT2D eigenvalue weighted by Crippen LogP contribution is -2.53. The van der Waals surface area contributed by atoms with Crippen molar-refractivity contribution in [2.45, 2.75) is 45.6 Å². The molecule has 2 fully saturated rings. The first-order valence-corrected chi connectivity index (χ1v) is 7.60. The van der Waals surface area contributed by atoms with Gasteiger partial charge in [-0.25, -0.2) is 0 Å². The highest BCUT2D eigenvalue weighted by molar-refractivity contribution is 5.83. The Morgan fingerprint density at radius 3 is 2.53 bits per heavy atom. The maximum atomic E-state index is 12.7. The molecule has 0 bridgehead atoms. The number of hydrogen-bond donors (Lipinski definition) is 2. The van der Waals surface area contributed by atoms with Crippen LogP contribution in [0.5, 0.6) is 0 Å². The molecular formula is C15H28N2O2. The first-order chi connectivity index (χ1) is 9.09. The Labute approximate surface area is 116 Å². The molecule has 2 rings (SSSR count). The summed E-state index contributed by atoms with van der Waals surface area (Å²) in [6, 6.07) is 0.353. The quantitative estimate of drug-likeness (QED) is 0.813. The van der Waals surface area contributed by atoms with Gasteiger partial charge in [0.05, 0.1) is 12.0 Å². The molecule has 4 heteroatoms. The average molecular weight is 268 g/mol. The predicted molar refractivity (Wildman–Crippen MR) is 75.9 cm³/mol. The van der Waals surface area contributed by atoms with Crippen molar-refractivity contribution in [2.75, 3.05) is 26.8 Å². The number of nitrogens with one attached hydrogen (secondary N) is 2. The maximum Gasteiger partial charge on any atom is 0.228 e. The Hall–Kier alpha value is -0.610. The summed E-state index contributed by atoms with van der Waals surface area (Å²) in [7, 11) is 1.69. The van der Waals surface area contributed by atoms with Crippen molar-refractivity contribution in [2.24, 2.45) is 17.3 Å². The highest BCUT2D eigenvalue weighted by atomic mass is 16.5. The largest absolute Gasteiger partial charge is 0.384 e. The van der Waals surface area contributed by atoms with E-state index < -0.39 is 0 Å². The molecule has 3 atom stereocenters. The Morgan fingerprint density at radius 1 is 1.32 bits per heavy atom. The summed E-state index contributed by atoms with van der Waals surface area (Å²) in [6.45, 7) is 6.90. The van der Waals surface area contributed by atoms with Gasteiger partial charge in [-0.3, -0.25) is 4.79 Å². The molecule has 19 heavy (non-hydrogen) atoms.